The summed E-state index contributed by atoms with van der Waals surface area (Å²) in [4.78, 5) is 33.6. The van der Waals surface area contributed by atoms with Gasteiger partial charge >= 0.3 is 0 Å². The van der Waals surface area contributed by atoms with Gasteiger partial charge in [-0.3, -0.25) is 19.5 Å². The molecule has 1 aromatic carbocycles. The first-order valence-corrected chi connectivity index (χ1v) is 9.44. The Kier molecular flexibility index (Phi) is 4.66. The SMILES string of the molecule is CC1c2cccc(C(N)=O)c2C(=O)N1C1CCN(Cc2ccccn2)CC1. The molecule has 4 rings (SSSR count). The largest absolute Gasteiger partial charge is 0.366 e. The lowest BCUT2D eigenvalue weighted by Crippen LogP contribution is -2.45. The van der Waals surface area contributed by atoms with Gasteiger partial charge in [-0.1, -0.05) is 18.2 Å². The van der Waals surface area contributed by atoms with Crippen LogP contribution in [0.4, 0.5) is 0 Å². The number of rotatable bonds is 4. The summed E-state index contributed by atoms with van der Waals surface area (Å²) in [6, 6.07) is 11.5. The summed E-state index contributed by atoms with van der Waals surface area (Å²) in [6.45, 7) is 4.73. The molecule has 2 aliphatic heterocycles. The quantitative estimate of drug-likeness (QED) is 0.903. The third-order valence-corrected chi connectivity index (χ3v) is 5.74. The summed E-state index contributed by atoms with van der Waals surface area (Å²) in [7, 11) is 0. The molecule has 27 heavy (non-hydrogen) atoms. The van der Waals surface area contributed by atoms with Crippen LogP contribution in [0.15, 0.2) is 42.6 Å². The van der Waals surface area contributed by atoms with Gasteiger partial charge in [0.15, 0.2) is 0 Å². The van der Waals surface area contributed by atoms with Crippen LogP contribution in [-0.2, 0) is 6.54 Å². The van der Waals surface area contributed by atoms with Gasteiger partial charge in [-0.15, -0.1) is 0 Å². The first-order valence-electron chi connectivity index (χ1n) is 9.44. The van der Waals surface area contributed by atoms with Crippen LogP contribution in [0.2, 0.25) is 0 Å². The molecule has 2 N–H and O–H groups in total. The zero-order valence-electron chi connectivity index (χ0n) is 15.5. The molecule has 1 aromatic heterocycles. The summed E-state index contributed by atoms with van der Waals surface area (Å²) in [6.07, 6.45) is 3.66. The Morgan fingerprint density at radius 1 is 1.19 bits per heavy atom. The normalized spacial score (nSPS) is 20.7. The van der Waals surface area contributed by atoms with E-state index in [2.05, 4.69) is 9.88 Å². The molecule has 6 nitrogen and oxygen atoms in total. The number of carbonyl (C=O) groups excluding carboxylic acids is 2. The lowest BCUT2D eigenvalue weighted by molar-refractivity contribution is 0.0509. The maximum absolute atomic E-state index is 13.1. The number of nitrogens with zero attached hydrogens (tertiary/aromatic N) is 3. The molecule has 1 atom stereocenters. The van der Waals surface area contributed by atoms with Gasteiger partial charge in [-0.05, 0) is 43.5 Å². The maximum atomic E-state index is 13.1. The van der Waals surface area contributed by atoms with Crippen LogP contribution < -0.4 is 5.73 Å². The fourth-order valence-corrected chi connectivity index (χ4v) is 4.38. The van der Waals surface area contributed by atoms with E-state index < -0.39 is 5.91 Å². The van der Waals surface area contributed by atoms with Crippen molar-refractivity contribution in [1.29, 1.82) is 0 Å². The van der Waals surface area contributed by atoms with Gasteiger partial charge < -0.3 is 10.6 Å². The van der Waals surface area contributed by atoms with Gasteiger partial charge in [-0.25, -0.2) is 0 Å². The average molecular weight is 364 g/mol. The van der Waals surface area contributed by atoms with Crippen molar-refractivity contribution in [2.24, 2.45) is 5.73 Å². The topological polar surface area (TPSA) is 79.5 Å². The van der Waals surface area contributed by atoms with Crippen molar-refractivity contribution in [1.82, 2.24) is 14.8 Å². The third-order valence-electron chi connectivity index (χ3n) is 5.74. The van der Waals surface area contributed by atoms with Crippen LogP contribution in [0.5, 0.6) is 0 Å². The highest BCUT2D eigenvalue weighted by Gasteiger charge is 2.41. The van der Waals surface area contributed by atoms with Crippen LogP contribution in [0.1, 0.15) is 57.8 Å². The summed E-state index contributed by atoms with van der Waals surface area (Å²) >= 11 is 0. The highest BCUT2D eigenvalue weighted by atomic mass is 16.2. The van der Waals surface area contributed by atoms with Crippen LogP contribution in [0, 0.1) is 0 Å². The molecule has 0 saturated carbocycles. The van der Waals surface area contributed by atoms with E-state index in [1.165, 1.54) is 0 Å². The minimum Gasteiger partial charge on any atom is -0.366 e. The van der Waals surface area contributed by atoms with Crippen LogP contribution in [-0.4, -0.2) is 45.7 Å². The molecular weight excluding hydrogens is 340 g/mol. The van der Waals surface area contributed by atoms with Gasteiger partial charge in [0.05, 0.1) is 22.9 Å². The number of nitrogens with two attached hydrogens (primary N) is 1. The molecule has 2 amide bonds. The summed E-state index contributed by atoms with van der Waals surface area (Å²) in [5.41, 5.74) is 8.29. The number of hydrogen-bond acceptors (Lipinski definition) is 4. The molecule has 0 spiro atoms. The van der Waals surface area contributed by atoms with Crippen molar-refractivity contribution in [2.45, 2.75) is 38.4 Å². The second kappa shape index (κ2) is 7.12. The molecule has 1 unspecified atom stereocenters. The number of hydrogen-bond donors (Lipinski definition) is 1. The van der Waals surface area contributed by atoms with Crippen LogP contribution >= 0.6 is 0 Å². The first-order chi connectivity index (χ1) is 13.1. The Labute approximate surface area is 159 Å². The second-order valence-electron chi connectivity index (χ2n) is 7.35. The lowest BCUT2D eigenvalue weighted by Gasteiger charge is -2.38. The molecular formula is C21H24N4O2. The van der Waals surface area contributed by atoms with E-state index in [1.54, 1.807) is 6.07 Å². The fraction of sp³-hybridized carbons (Fsp3) is 0.381. The van der Waals surface area contributed by atoms with E-state index in [0.717, 1.165) is 43.7 Å². The molecule has 2 aromatic rings. The standard InChI is InChI=1S/C21H24N4O2/c1-14-17-6-4-7-18(20(22)26)19(17)21(27)25(14)16-8-11-24(12-9-16)13-15-5-2-3-10-23-15/h2-7,10,14,16H,8-9,11-13H2,1H3,(H2,22,26). The maximum Gasteiger partial charge on any atom is 0.255 e. The van der Waals surface area contributed by atoms with Crippen molar-refractivity contribution in [3.63, 3.8) is 0 Å². The lowest BCUT2D eigenvalue weighted by atomic mass is 9.99. The van der Waals surface area contributed by atoms with Gasteiger partial charge in [0.2, 0.25) is 5.91 Å². The van der Waals surface area contributed by atoms with Gasteiger partial charge in [-0.2, -0.15) is 0 Å². The molecule has 2 aliphatic rings. The predicted molar refractivity (Wildman–Crippen MR) is 102 cm³/mol. The number of pyridine rings is 1. The third kappa shape index (κ3) is 3.21. The number of likely N-dealkylation sites (tertiary alicyclic amines) is 1. The number of amides is 2. The number of aromatic nitrogens is 1. The Hall–Kier alpha value is -2.73. The van der Waals surface area contributed by atoms with Gasteiger partial charge in [0, 0.05) is 31.9 Å². The summed E-state index contributed by atoms with van der Waals surface area (Å²) < 4.78 is 0. The first kappa shape index (κ1) is 17.7. The highest BCUT2D eigenvalue weighted by molar-refractivity contribution is 6.09. The minimum absolute atomic E-state index is 0.0286. The van der Waals surface area contributed by atoms with Crippen molar-refractivity contribution in [3.05, 3.63) is 65.0 Å². The van der Waals surface area contributed by atoms with Crippen molar-refractivity contribution < 1.29 is 9.59 Å². The Morgan fingerprint density at radius 2 is 1.96 bits per heavy atom. The van der Waals surface area contributed by atoms with Gasteiger partial charge in [0.25, 0.3) is 5.91 Å². The second-order valence-corrected chi connectivity index (χ2v) is 7.35. The molecule has 0 aliphatic carbocycles. The Balaban J connectivity index is 1.47. The van der Waals surface area contributed by atoms with E-state index in [9.17, 15) is 9.59 Å². The zero-order valence-corrected chi connectivity index (χ0v) is 15.5. The summed E-state index contributed by atoms with van der Waals surface area (Å²) in [5.74, 6) is -0.602. The van der Waals surface area contributed by atoms with E-state index in [0.29, 0.717) is 11.1 Å². The Bertz CT molecular complexity index is 860. The smallest absolute Gasteiger partial charge is 0.255 e. The average Bonchev–Trinajstić information content (AvgIpc) is 2.94. The van der Waals surface area contributed by atoms with Crippen LogP contribution in [0.3, 0.4) is 0 Å². The number of benzene rings is 1. The number of piperidine rings is 1. The molecule has 3 heterocycles. The number of primary amides is 1. The molecule has 0 bridgehead atoms. The molecule has 0 radical (unpaired) electrons. The van der Waals surface area contributed by atoms with E-state index in [-0.39, 0.29) is 18.0 Å². The molecule has 6 heteroatoms. The van der Waals surface area contributed by atoms with Crippen molar-refractivity contribution >= 4 is 11.8 Å². The van der Waals surface area contributed by atoms with E-state index >= 15 is 0 Å². The summed E-state index contributed by atoms with van der Waals surface area (Å²) in [5, 5.41) is 0. The fourth-order valence-electron chi connectivity index (χ4n) is 4.38. The molecule has 140 valence electrons. The zero-order chi connectivity index (χ0) is 19.0. The van der Waals surface area contributed by atoms with E-state index in [4.69, 9.17) is 5.73 Å². The van der Waals surface area contributed by atoms with Crippen molar-refractivity contribution in [2.75, 3.05) is 13.1 Å². The Morgan fingerprint density at radius 3 is 2.63 bits per heavy atom. The monoisotopic (exact) mass is 364 g/mol. The number of fused-ring (bicyclic) bond motifs is 1. The van der Waals surface area contributed by atoms with E-state index in [1.807, 2.05) is 48.4 Å². The highest BCUT2D eigenvalue weighted by Crippen LogP contribution is 2.38. The van der Waals surface area contributed by atoms with Gasteiger partial charge in [0.1, 0.15) is 0 Å². The molecule has 1 saturated heterocycles. The van der Waals surface area contributed by atoms with Crippen LogP contribution in [0.25, 0.3) is 0 Å². The predicted octanol–water partition coefficient (Wildman–Crippen LogP) is 2.36. The molecule has 1 fully saturated rings. The van der Waals surface area contributed by atoms with Crippen molar-refractivity contribution in [3.8, 4) is 0 Å². The number of carbonyl (C=O) groups is 2. The minimum atomic E-state index is -0.542.